The minimum atomic E-state index is -0.0980. The fourth-order valence-corrected chi connectivity index (χ4v) is 5.49. The van der Waals surface area contributed by atoms with E-state index in [2.05, 4.69) is 64.1 Å². The second-order valence-corrected chi connectivity index (χ2v) is 10.4. The van der Waals surface area contributed by atoms with Crippen LogP contribution in [0.1, 0.15) is 60.8 Å². The number of fused-ring (bicyclic) bond motifs is 1. The maximum atomic E-state index is 12.7. The lowest BCUT2D eigenvalue weighted by atomic mass is 9.95. The first-order chi connectivity index (χ1) is 15.8. The van der Waals surface area contributed by atoms with Crippen LogP contribution in [0, 0.1) is 19.8 Å². The van der Waals surface area contributed by atoms with Crippen molar-refractivity contribution in [3.63, 3.8) is 0 Å². The molecule has 7 heteroatoms. The molecular formula is C26H33BrN4O2. The van der Waals surface area contributed by atoms with Gasteiger partial charge in [-0.05, 0) is 68.1 Å². The summed E-state index contributed by atoms with van der Waals surface area (Å²) in [5.41, 5.74) is 6.61. The number of aldehydes is 1. The van der Waals surface area contributed by atoms with Gasteiger partial charge in [-0.15, -0.1) is 0 Å². The van der Waals surface area contributed by atoms with Crippen molar-refractivity contribution in [3.8, 4) is 0 Å². The number of H-pyrrole nitrogens is 1. The molecule has 4 rings (SSSR count). The molecule has 1 amide bonds. The maximum absolute atomic E-state index is 12.7. The first kappa shape index (κ1) is 23.9. The molecule has 1 saturated heterocycles. The quantitative estimate of drug-likeness (QED) is 0.382. The SMILES string of the molecule is Cc1[nH]c(/C=C2\C(=O)Nc3ccc(Br)cc32)c(C)c1C(CC=O)N1CCCNC(C(C)C)C1. The minimum absolute atomic E-state index is 0.0193. The van der Waals surface area contributed by atoms with Gasteiger partial charge in [0.15, 0.2) is 0 Å². The van der Waals surface area contributed by atoms with E-state index in [-0.39, 0.29) is 11.9 Å². The van der Waals surface area contributed by atoms with Crippen LogP contribution in [0.5, 0.6) is 0 Å². The Morgan fingerprint density at radius 2 is 2.06 bits per heavy atom. The second kappa shape index (κ2) is 9.95. The largest absolute Gasteiger partial charge is 0.359 e. The number of benzene rings is 1. The van der Waals surface area contributed by atoms with Crippen LogP contribution in [0.3, 0.4) is 0 Å². The molecule has 1 aromatic heterocycles. The highest BCUT2D eigenvalue weighted by Crippen LogP contribution is 2.37. The van der Waals surface area contributed by atoms with Gasteiger partial charge in [0.2, 0.25) is 0 Å². The molecule has 2 aromatic rings. The molecular weight excluding hydrogens is 480 g/mol. The molecule has 1 fully saturated rings. The molecule has 3 heterocycles. The molecule has 2 atom stereocenters. The number of hydrogen-bond donors (Lipinski definition) is 3. The van der Waals surface area contributed by atoms with E-state index < -0.39 is 0 Å². The predicted molar refractivity (Wildman–Crippen MR) is 137 cm³/mol. The average molecular weight is 513 g/mol. The number of carbonyl (C=O) groups excluding carboxylic acids is 2. The molecule has 2 unspecified atom stereocenters. The summed E-state index contributed by atoms with van der Waals surface area (Å²) in [5, 5.41) is 6.61. The van der Waals surface area contributed by atoms with Crippen LogP contribution in [0.15, 0.2) is 22.7 Å². The van der Waals surface area contributed by atoms with Gasteiger partial charge in [0.25, 0.3) is 5.91 Å². The van der Waals surface area contributed by atoms with Gasteiger partial charge in [-0.2, -0.15) is 0 Å². The monoisotopic (exact) mass is 512 g/mol. The Kier molecular flexibility index (Phi) is 7.22. The van der Waals surface area contributed by atoms with Gasteiger partial charge in [0, 0.05) is 58.7 Å². The number of nitrogens with one attached hydrogen (secondary N) is 3. The number of halogens is 1. The molecule has 0 spiro atoms. The summed E-state index contributed by atoms with van der Waals surface area (Å²) in [6.07, 6.45) is 4.49. The summed E-state index contributed by atoms with van der Waals surface area (Å²) >= 11 is 3.51. The van der Waals surface area contributed by atoms with Gasteiger partial charge in [0.05, 0.1) is 5.57 Å². The lowest BCUT2D eigenvalue weighted by Crippen LogP contribution is -2.42. The first-order valence-electron chi connectivity index (χ1n) is 11.7. The highest BCUT2D eigenvalue weighted by atomic mass is 79.9. The molecule has 2 aliphatic rings. The number of hydrogen-bond acceptors (Lipinski definition) is 4. The number of anilines is 1. The normalized spacial score (nSPS) is 21.2. The smallest absolute Gasteiger partial charge is 0.256 e. The Morgan fingerprint density at radius 3 is 2.79 bits per heavy atom. The molecule has 1 aromatic carbocycles. The number of aromatic nitrogens is 1. The van der Waals surface area contributed by atoms with Crippen molar-refractivity contribution in [3.05, 3.63) is 50.8 Å². The Bertz CT molecular complexity index is 1090. The van der Waals surface area contributed by atoms with E-state index in [1.807, 2.05) is 24.3 Å². The fraction of sp³-hybridized carbons (Fsp3) is 0.462. The zero-order chi connectivity index (χ0) is 23.7. The number of carbonyl (C=O) groups is 2. The number of nitrogens with zero attached hydrogens (tertiary/aromatic N) is 1. The van der Waals surface area contributed by atoms with Gasteiger partial charge >= 0.3 is 0 Å². The number of aryl methyl sites for hydroxylation is 1. The zero-order valence-corrected chi connectivity index (χ0v) is 21.4. The van der Waals surface area contributed by atoms with Crippen molar-refractivity contribution < 1.29 is 9.59 Å². The molecule has 0 aliphatic carbocycles. The highest BCUT2D eigenvalue weighted by Gasteiger charge is 2.30. The Balaban J connectivity index is 1.72. The van der Waals surface area contributed by atoms with Crippen molar-refractivity contribution in [1.82, 2.24) is 15.2 Å². The maximum Gasteiger partial charge on any atom is 0.256 e. The molecule has 0 bridgehead atoms. The first-order valence-corrected chi connectivity index (χ1v) is 12.5. The van der Waals surface area contributed by atoms with Crippen LogP contribution in [0.2, 0.25) is 0 Å². The number of amides is 1. The molecule has 6 nitrogen and oxygen atoms in total. The van der Waals surface area contributed by atoms with Gasteiger partial charge < -0.3 is 20.4 Å². The summed E-state index contributed by atoms with van der Waals surface area (Å²) in [6.45, 7) is 11.5. The summed E-state index contributed by atoms with van der Waals surface area (Å²) in [6, 6.07) is 6.23. The predicted octanol–water partition coefficient (Wildman–Crippen LogP) is 4.84. The van der Waals surface area contributed by atoms with Crippen LogP contribution in [-0.4, -0.2) is 47.8 Å². The van der Waals surface area contributed by atoms with Crippen molar-refractivity contribution >= 4 is 45.5 Å². The van der Waals surface area contributed by atoms with Gasteiger partial charge in [0.1, 0.15) is 6.29 Å². The summed E-state index contributed by atoms with van der Waals surface area (Å²) < 4.78 is 0.934. The second-order valence-electron chi connectivity index (χ2n) is 9.48. The molecule has 2 aliphatic heterocycles. The summed E-state index contributed by atoms with van der Waals surface area (Å²) in [5.74, 6) is 0.426. The number of rotatable bonds is 6. The molecule has 0 saturated carbocycles. The summed E-state index contributed by atoms with van der Waals surface area (Å²) in [4.78, 5) is 30.4. The van der Waals surface area contributed by atoms with Crippen molar-refractivity contribution in [1.29, 1.82) is 0 Å². The third-order valence-electron chi connectivity index (χ3n) is 6.95. The Hall–Kier alpha value is -2.22. The van der Waals surface area contributed by atoms with Crippen LogP contribution in [0.4, 0.5) is 5.69 Å². The van der Waals surface area contributed by atoms with E-state index in [1.54, 1.807) is 0 Å². The minimum Gasteiger partial charge on any atom is -0.359 e. The van der Waals surface area contributed by atoms with Gasteiger partial charge in [-0.3, -0.25) is 9.69 Å². The molecule has 0 radical (unpaired) electrons. The average Bonchev–Trinajstić information content (AvgIpc) is 3.08. The van der Waals surface area contributed by atoms with Crippen molar-refractivity contribution in [2.75, 3.05) is 25.0 Å². The summed E-state index contributed by atoms with van der Waals surface area (Å²) in [7, 11) is 0. The zero-order valence-electron chi connectivity index (χ0n) is 19.8. The van der Waals surface area contributed by atoms with Crippen LogP contribution in [-0.2, 0) is 9.59 Å². The molecule has 33 heavy (non-hydrogen) atoms. The van der Waals surface area contributed by atoms with E-state index in [0.29, 0.717) is 24.0 Å². The van der Waals surface area contributed by atoms with Crippen molar-refractivity contribution in [2.24, 2.45) is 5.92 Å². The lowest BCUT2D eigenvalue weighted by Gasteiger charge is -2.33. The molecule has 3 N–H and O–H groups in total. The van der Waals surface area contributed by atoms with Gasteiger partial charge in [-0.25, -0.2) is 0 Å². The third-order valence-corrected chi connectivity index (χ3v) is 7.44. The van der Waals surface area contributed by atoms with Crippen LogP contribution < -0.4 is 10.6 Å². The van der Waals surface area contributed by atoms with E-state index >= 15 is 0 Å². The van der Waals surface area contributed by atoms with E-state index in [4.69, 9.17) is 0 Å². The van der Waals surface area contributed by atoms with Crippen molar-refractivity contribution in [2.45, 2.75) is 52.6 Å². The van der Waals surface area contributed by atoms with E-state index in [9.17, 15) is 9.59 Å². The Morgan fingerprint density at radius 1 is 1.27 bits per heavy atom. The van der Waals surface area contributed by atoms with E-state index in [1.165, 1.54) is 5.56 Å². The highest BCUT2D eigenvalue weighted by molar-refractivity contribution is 9.10. The van der Waals surface area contributed by atoms with Crippen LogP contribution >= 0.6 is 15.9 Å². The third kappa shape index (κ3) is 4.86. The topological polar surface area (TPSA) is 77.2 Å². The fourth-order valence-electron chi connectivity index (χ4n) is 5.13. The van der Waals surface area contributed by atoms with Gasteiger partial charge in [-0.1, -0.05) is 29.8 Å². The van der Waals surface area contributed by atoms with E-state index in [0.717, 1.165) is 65.0 Å². The van der Waals surface area contributed by atoms with Crippen LogP contribution in [0.25, 0.3) is 11.6 Å². The Labute approximate surface area is 204 Å². The molecule has 176 valence electrons. The standard InChI is InChI=1S/C26H33BrN4O2/c1-15(2)23-14-31(10-5-9-28-23)24(8-11-32)25-16(3)22(29-17(25)4)13-20-19-12-18(27)6-7-21(19)30-26(20)33/h6-7,11-13,15,23-24,28-29H,5,8-10,14H2,1-4H3,(H,30,33)/b20-13-. The number of aromatic amines is 1. The lowest BCUT2D eigenvalue weighted by molar-refractivity contribution is -0.111.